The number of guanidine groups is 1. The Morgan fingerprint density at radius 3 is 2.54 bits per heavy atom. The maximum Gasteiger partial charge on any atom is 0.286 e. The molecule has 2 heterocycles. The van der Waals surface area contributed by atoms with E-state index in [1.807, 2.05) is 48.7 Å². The molecule has 3 aromatic rings. The van der Waals surface area contributed by atoms with Gasteiger partial charge in [-0.15, -0.1) is 22.1 Å². The number of rotatable bonds is 5. The number of imidazole rings is 1. The van der Waals surface area contributed by atoms with Crippen LogP contribution in [-0.4, -0.2) is 16.7 Å². The van der Waals surface area contributed by atoms with Crippen molar-refractivity contribution >= 4 is 34.8 Å². The van der Waals surface area contributed by atoms with Gasteiger partial charge in [0.15, 0.2) is 5.69 Å². The average Bonchev–Trinajstić information content (AvgIpc) is 2.94. The number of halogens is 2. The van der Waals surface area contributed by atoms with Crippen molar-refractivity contribution in [3.05, 3.63) is 73.1 Å². The van der Waals surface area contributed by atoms with Crippen LogP contribution < -0.4 is 32.8 Å². The van der Waals surface area contributed by atoms with Crippen LogP contribution in [0.15, 0.2) is 77.7 Å². The topological polar surface area (TPSA) is 85.8 Å². The van der Waals surface area contributed by atoms with Crippen molar-refractivity contribution in [3.63, 3.8) is 0 Å². The van der Waals surface area contributed by atoms with E-state index in [4.69, 9.17) is 11.5 Å². The summed E-state index contributed by atoms with van der Waals surface area (Å²) in [5.41, 5.74) is 14.7. The van der Waals surface area contributed by atoms with Crippen molar-refractivity contribution in [3.8, 4) is 11.3 Å². The molecular formula is C18H20Br2N6. The Kier molecular flexibility index (Phi) is 8.21. The van der Waals surface area contributed by atoms with E-state index in [2.05, 4.69) is 38.0 Å². The summed E-state index contributed by atoms with van der Waals surface area (Å²) in [5.74, 6) is -0.0613. The molecule has 1 aromatic carbocycles. The van der Waals surface area contributed by atoms with Crippen LogP contribution >= 0.6 is 17.0 Å². The molecule has 4 N–H and O–H groups in total. The highest BCUT2D eigenvalue weighted by molar-refractivity contribution is 8.93. The monoisotopic (exact) mass is 478 g/mol. The number of benzene rings is 1. The van der Waals surface area contributed by atoms with Crippen molar-refractivity contribution in [1.82, 2.24) is 4.57 Å². The molecule has 0 radical (unpaired) electrons. The zero-order valence-corrected chi connectivity index (χ0v) is 17.3. The van der Waals surface area contributed by atoms with E-state index in [1.54, 1.807) is 6.21 Å². The zero-order chi connectivity index (χ0) is 16.9. The van der Waals surface area contributed by atoms with Crippen molar-refractivity contribution in [2.45, 2.75) is 6.54 Å². The third-order valence-electron chi connectivity index (χ3n) is 3.59. The minimum Gasteiger partial charge on any atom is -1.00 e. The summed E-state index contributed by atoms with van der Waals surface area (Å²) >= 11 is 0. The van der Waals surface area contributed by atoms with Gasteiger partial charge in [-0.1, -0.05) is 30.9 Å². The molecule has 0 saturated carbocycles. The summed E-state index contributed by atoms with van der Waals surface area (Å²) in [6.07, 6.45) is 7.65. The number of fused-ring (bicyclic) bond motifs is 1. The highest BCUT2D eigenvalue weighted by atomic mass is 79.9. The molecule has 26 heavy (non-hydrogen) atoms. The fraction of sp³-hybridized carbons (Fsp3) is 0.0556. The molecule has 8 heteroatoms. The van der Waals surface area contributed by atoms with Gasteiger partial charge in [0.25, 0.3) is 5.65 Å². The number of allylic oxidation sites excluding steroid dienone is 1. The van der Waals surface area contributed by atoms with Gasteiger partial charge in [-0.3, -0.25) is 0 Å². The number of aromatic nitrogens is 2. The van der Waals surface area contributed by atoms with Crippen LogP contribution in [0.3, 0.4) is 0 Å². The van der Waals surface area contributed by atoms with E-state index in [1.165, 1.54) is 0 Å². The van der Waals surface area contributed by atoms with Gasteiger partial charge in [0, 0.05) is 11.6 Å². The van der Waals surface area contributed by atoms with E-state index in [0.717, 1.165) is 29.0 Å². The summed E-state index contributed by atoms with van der Waals surface area (Å²) in [5, 5.41) is 7.41. The third kappa shape index (κ3) is 4.80. The van der Waals surface area contributed by atoms with Gasteiger partial charge < -0.3 is 28.4 Å². The first-order valence-corrected chi connectivity index (χ1v) is 7.52. The summed E-state index contributed by atoms with van der Waals surface area (Å²) in [7, 11) is 0. The minimum absolute atomic E-state index is 0. The molecule has 0 fully saturated rings. The quantitative estimate of drug-likeness (QED) is 0.166. The normalized spacial score (nSPS) is 10.2. The third-order valence-corrected chi connectivity index (χ3v) is 3.59. The first kappa shape index (κ1) is 21.6. The van der Waals surface area contributed by atoms with Gasteiger partial charge in [-0.05, 0) is 23.8 Å². The standard InChI is InChI=1S/C18H19N6.2BrH/c1-2-10-24-16(13-23-11-4-3-5-17(23)24)15-8-6-14(7-9-15)12-21-22-18(19)20;;/h2-9,11-13H,1,10H2,(H4,19,20,22);2*1H/q+1;;/p-1/b21-12+;;. The second-order valence-corrected chi connectivity index (χ2v) is 5.27. The number of hydrogen-bond acceptors (Lipinski definition) is 2. The summed E-state index contributed by atoms with van der Waals surface area (Å²) < 4.78 is 4.32. The lowest BCUT2D eigenvalue weighted by molar-refractivity contribution is -0.510. The molecule has 0 saturated heterocycles. The Morgan fingerprint density at radius 1 is 1.15 bits per heavy atom. The second-order valence-electron chi connectivity index (χ2n) is 5.27. The van der Waals surface area contributed by atoms with Crippen LogP contribution in [-0.2, 0) is 6.54 Å². The highest BCUT2D eigenvalue weighted by Gasteiger charge is 2.17. The molecule has 0 amide bonds. The molecule has 136 valence electrons. The van der Waals surface area contributed by atoms with Gasteiger partial charge in [0.1, 0.15) is 12.7 Å². The van der Waals surface area contributed by atoms with Gasteiger partial charge >= 0.3 is 0 Å². The molecule has 2 aromatic heterocycles. The number of nitrogens with two attached hydrogens (primary N) is 2. The van der Waals surface area contributed by atoms with Gasteiger partial charge in [-0.25, -0.2) is 8.97 Å². The van der Waals surface area contributed by atoms with Gasteiger partial charge in [0.2, 0.25) is 5.96 Å². The second kappa shape index (κ2) is 9.88. The molecule has 3 rings (SSSR count). The van der Waals surface area contributed by atoms with Crippen LogP contribution in [0.25, 0.3) is 16.9 Å². The van der Waals surface area contributed by atoms with E-state index in [0.29, 0.717) is 0 Å². The molecule has 0 unspecified atom stereocenters. The van der Waals surface area contributed by atoms with Crippen LogP contribution in [0.5, 0.6) is 0 Å². The van der Waals surface area contributed by atoms with Crippen molar-refractivity contribution in [2.75, 3.05) is 0 Å². The number of nitrogens with zero attached hydrogens (tertiary/aromatic N) is 4. The molecular weight excluding hydrogens is 460 g/mol. The summed E-state index contributed by atoms with van der Waals surface area (Å²) in [6, 6.07) is 14.2. The number of hydrogen-bond donors (Lipinski definition) is 2. The van der Waals surface area contributed by atoms with Gasteiger partial charge in [-0.2, -0.15) is 5.10 Å². The first-order chi connectivity index (χ1) is 11.7. The maximum atomic E-state index is 5.24. The molecule has 0 aliphatic rings. The van der Waals surface area contributed by atoms with Crippen molar-refractivity contribution in [2.24, 2.45) is 21.7 Å². The SMILES string of the molecule is Br.C=CCn1c(-c2ccc(/C=N/N=C(N)N)cc2)c[n+]2ccccc12.[Br-]. The molecule has 0 bridgehead atoms. The Labute approximate surface area is 173 Å². The fourth-order valence-corrected chi connectivity index (χ4v) is 2.56. The van der Waals surface area contributed by atoms with E-state index in [-0.39, 0.29) is 39.9 Å². The maximum absolute atomic E-state index is 5.24. The molecule has 0 aliphatic carbocycles. The first-order valence-electron chi connectivity index (χ1n) is 7.52. The average molecular weight is 480 g/mol. The fourth-order valence-electron chi connectivity index (χ4n) is 2.56. The lowest BCUT2D eigenvalue weighted by Gasteiger charge is -2.01. The Balaban J connectivity index is 0.00000169. The Bertz CT molecular complexity index is 925. The lowest BCUT2D eigenvalue weighted by Crippen LogP contribution is -3.00. The largest absolute Gasteiger partial charge is 1.00 e. The van der Waals surface area contributed by atoms with Crippen LogP contribution in [0.2, 0.25) is 0 Å². The summed E-state index contributed by atoms with van der Waals surface area (Å²) in [6.45, 7) is 4.60. The Hall–Kier alpha value is -2.45. The van der Waals surface area contributed by atoms with E-state index >= 15 is 0 Å². The van der Waals surface area contributed by atoms with E-state index in [9.17, 15) is 0 Å². The summed E-state index contributed by atoms with van der Waals surface area (Å²) in [4.78, 5) is 0. The smallest absolute Gasteiger partial charge is 0.286 e. The van der Waals surface area contributed by atoms with Crippen molar-refractivity contribution < 1.29 is 21.4 Å². The highest BCUT2D eigenvalue weighted by Crippen LogP contribution is 2.21. The van der Waals surface area contributed by atoms with Crippen LogP contribution in [0.4, 0.5) is 0 Å². The molecule has 0 spiro atoms. The number of pyridine rings is 1. The van der Waals surface area contributed by atoms with Crippen LogP contribution in [0.1, 0.15) is 5.56 Å². The van der Waals surface area contributed by atoms with Crippen molar-refractivity contribution in [1.29, 1.82) is 0 Å². The van der Waals surface area contributed by atoms with E-state index < -0.39 is 0 Å². The molecule has 0 atom stereocenters. The lowest BCUT2D eigenvalue weighted by atomic mass is 10.1. The Morgan fingerprint density at radius 2 is 1.88 bits per heavy atom. The zero-order valence-electron chi connectivity index (χ0n) is 14.0. The minimum atomic E-state index is -0.0613. The molecule has 6 nitrogen and oxygen atoms in total. The molecule has 0 aliphatic heterocycles. The van der Waals surface area contributed by atoms with Crippen LogP contribution in [0, 0.1) is 0 Å². The van der Waals surface area contributed by atoms with Gasteiger partial charge in [0.05, 0.1) is 12.4 Å². The predicted molar refractivity (Wildman–Crippen MR) is 107 cm³/mol. The predicted octanol–water partition coefficient (Wildman–Crippen LogP) is -0.731.